The zero-order valence-electron chi connectivity index (χ0n) is 49.0. The second kappa shape index (κ2) is 62.6. The van der Waals surface area contributed by atoms with E-state index >= 15 is 0 Å². The molecule has 0 saturated carbocycles. The molecule has 6 heteroatoms. The zero-order valence-corrected chi connectivity index (χ0v) is 49.0. The summed E-state index contributed by atoms with van der Waals surface area (Å²) < 4.78 is 16.9. The first-order chi connectivity index (χ1) is 37.0. The monoisotopic (exact) mass is 1040 g/mol. The molecule has 1 atom stereocenters. The molecule has 0 radical (unpaired) electrons. The van der Waals surface area contributed by atoms with Crippen LogP contribution in [0.3, 0.4) is 0 Å². The molecule has 0 fully saturated rings. The lowest BCUT2D eigenvalue weighted by Crippen LogP contribution is -2.30. The van der Waals surface area contributed by atoms with E-state index in [1.807, 2.05) is 0 Å². The molecule has 0 N–H and O–H groups in total. The van der Waals surface area contributed by atoms with Crippen LogP contribution in [-0.2, 0) is 28.6 Å². The van der Waals surface area contributed by atoms with Crippen LogP contribution in [0.1, 0.15) is 290 Å². The van der Waals surface area contributed by atoms with Crippen molar-refractivity contribution in [2.24, 2.45) is 0 Å². The van der Waals surface area contributed by atoms with Crippen molar-refractivity contribution in [1.29, 1.82) is 0 Å². The summed E-state index contributed by atoms with van der Waals surface area (Å²) in [5.41, 5.74) is 0. The fourth-order valence-corrected chi connectivity index (χ4v) is 8.64. The molecular formula is C69H116O6. The first-order valence-corrected chi connectivity index (χ1v) is 31.4. The SMILES string of the molecule is CC/C=C\C/C=C\C/C=C\C/C=C\C/C=C\CCCCCCCC(=O)OCC(COC(=O)CCCC/C=C\C/C=C\C/C=C\C/C=C\CC)OC(=O)CCCCCCCCCCCCCCCCCCCCCCC. The molecule has 0 saturated heterocycles. The quantitative estimate of drug-likeness (QED) is 0.0261. The molecule has 6 nitrogen and oxygen atoms in total. The molecule has 0 aliphatic rings. The van der Waals surface area contributed by atoms with Crippen LogP contribution in [0.2, 0.25) is 0 Å². The molecule has 0 aliphatic carbocycles. The second-order valence-electron chi connectivity index (χ2n) is 20.6. The summed E-state index contributed by atoms with van der Waals surface area (Å²) in [5, 5.41) is 0. The number of ether oxygens (including phenoxy) is 3. The van der Waals surface area contributed by atoms with Gasteiger partial charge in [-0.25, -0.2) is 0 Å². The van der Waals surface area contributed by atoms with E-state index in [4.69, 9.17) is 14.2 Å². The Kier molecular flexibility index (Phi) is 59.3. The van der Waals surface area contributed by atoms with E-state index in [0.29, 0.717) is 19.3 Å². The van der Waals surface area contributed by atoms with Gasteiger partial charge < -0.3 is 14.2 Å². The zero-order chi connectivity index (χ0) is 54.3. The number of unbranched alkanes of at least 4 members (excludes halogenated alkanes) is 27. The first kappa shape index (κ1) is 71.1. The predicted octanol–water partition coefficient (Wildman–Crippen LogP) is 21.4. The Hall–Kier alpha value is -3.93. The van der Waals surface area contributed by atoms with E-state index < -0.39 is 6.10 Å². The summed E-state index contributed by atoms with van der Waals surface area (Å²) in [4.78, 5) is 38.3. The Morgan fingerprint density at radius 3 is 0.840 bits per heavy atom. The molecule has 428 valence electrons. The van der Waals surface area contributed by atoms with E-state index in [9.17, 15) is 14.4 Å². The van der Waals surface area contributed by atoms with E-state index in [2.05, 4.69) is 130 Å². The number of allylic oxidation sites excluding steroid dienone is 18. The normalized spacial score (nSPS) is 12.8. The van der Waals surface area contributed by atoms with Crippen molar-refractivity contribution >= 4 is 17.9 Å². The second-order valence-corrected chi connectivity index (χ2v) is 20.6. The third kappa shape index (κ3) is 60.8. The standard InChI is InChI=1S/C69H116O6/c1-4-7-10-13-16-19-22-25-28-30-32-34-36-38-41-44-47-50-53-56-59-62-68(71)74-65-66(64-73-67(70)61-58-55-52-49-46-43-40-27-24-21-18-15-12-9-6-3)75-69(72)63-60-57-54-51-48-45-42-39-37-35-33-31-29-26-23-20-17-14-11-8-5-2/h7,9-10,12,16,18-19,21,25,27-28,32,34,38,40-41,46,49,66H,4-6,8,11,13-15,17,20,22-24,26,29-31,33,35-37,39,42-45,47-48,50-65H2,1-3H3/b10-7-,12-9-,19-16-,21-18-,28-25-,34-32-,40-27-,41-38-,49-46-. The lowest BCUT2D eigenvalue weighted by Gasteiger charge is -2.18. The maximum Gasteiger partial charge on any atom is 0.306 e. The highest BCUT2D eigenvalue weighted by Gasteiger charge is 2.19. The van der Waals surface area contributed by atoms with Crippen LogP contribution in [0.25, 0.3) is 0 Å². The smallest absolute Gasteiger partial charge is 0.306 e. The van der Waals surface area contributed by atoms with Crippen molar-refractivity contribution in [3.05, 3.63) is 109 Å². The van der Waals surface area contributed by atoms with Gasteiger partial charge in [-0.1, -0.05) is 278 Å². The minimum Gasteiger partial charge on any atom is -0.462 e. The largest absolute Gasteiger partial charge is 0.462 e. The fraction of sp³-hybridized carbons (Fsp3) is 0.696. The third-order valence-corrected chi connectivity index (χ3v) is 13.3. The average molecular weight is 1040 g/mol. The van der Waals surface area contributed by atoms with Gasteiger partial charge in [-0.3, -0.25) is 14.4 Å². The Balaban J connectivity index is 4.43. The van der Waals surface area contributed by atoms with Gasteiger partial charge in [0.25, 0.3) is 0 Å². The first-order valence-electron chi connectivity index (χ1n) is 31.4. The summed E-state index contributed by atoms with van der Waals surface area (Å²) in [6, 6.07) is 0. The topological polar surface area (TPSA) is 78.9 Å². The van der Waals surface area contributed by atoms with Crippen LogP contribution < -0.4 is 0 Å². The summed E-state index contributed by atoms with van der Waals surface area (Å²) in [7, 11) is 0. The van der Waals surface area contributed by atoms with Crippen molar-refractivity contribution in [1.82, 2.24) is 0 Å². The van der Waals surface area contributed by atoms with E-state index in [1.165, 1.54) is 116 Å². The lowest BCUT2D eigenvalue weighted by atomic mass is 10.0. The van der Waals surface area contributed by atoms with Crippen LogP contribution in [0.4, 0.5) is 0 Å². The maximum absolute atomic E-state index is 12.9. The Morgan fingerprint density at radius 2 is 0.520 bits per heavy atom. The van der Waals surface area contributed by atoms with E-state index in [0.717, 1.165) is 135 Å². The molecular weight excluding hydrogens is 925 g/mol. The predicted molar refractivity (Wildman–Crippen MR) is 325 cm³/mol. The number of carbonyl (C=O) groups is 3. The van der Waals surface area contributed by atoms with Crippen molar-refractivity contribution in [2.45, 2.75) is 297 Å². The van der Waals surface area contributed by atoms with Crippen LogP contribution in [0, 0.1) is 0 Å². The average Bonchev–Trinajstić information content (AvgIpc) is 3.41. The van der Waals surface area contributed by atoms with Gasteiger partial charge in [-0.2, -0.15) is 0 Å². The molecule has 0 aliphatic heterocycles. The van der Waals surface area contributed by atoms with Crippen molar-refractivity contribution in [2.75, 3.05) is 13.2 Å². The number of hydrogen-bond donors (Lipinski definition) is 0. The van der Waals surface area contributed by atoms with Crippen LogP contribution in [0.15, 0.2) is 109 Å². The van der Waals surface area contributed by atoms with Gasteiger partial charge >= 0.3 is 17.9 Å². The third-order valence-electron chi connectivity index (χ3n) is 13.3. The molecule has 0 heterocycles. The van der Waals surface area contributed by atoms with Gasteiger partial charge in [-0.15, -0.1) is 0 Å². The highest BCUT2D eigenvalue weighted by molar-refractivity contribution is 5.71. The molecule has 1 unspecified atom stereocenters. The minimum absolute atomic E-state index is 0.101. The van der Waals surface area contributed by atoms with E-state index in [1.54, 1.807) is 0 Å². The van der Waals surface area contributed by atoms with Crippen LogP contribution >= 0.6 is 0 Å². The van der Waals surface area contributed by atoms with Gasteiger partial charge in [-0.05, 0) is 103 Å². The van der Waals surface area contributed by atoms with Gasteiger partial charge in [0.15, 0.2) is 6.10 Å². The Labute approximate surface area is 463 Å². The summed E-state index contributed by atoms with van der Waals surface area (Å²) in [6.45, 7) is 6.39. The minimum atomic E-state index is -0.805. The Morgan fingerprint density at radius 1 is 0.280 bits per heavy atom. The van der Waals surface area contributed by atoms with Gasteiger partial charge in [0.05, 0.1) is 0 Å². The molecule has 0 rings (SSSR count). The number of esters is 3. The molecule has 0 amide bonds. The highest BCUT2D eigenvalue weighted by atomic mass is 16.6. The number of rotatable bonds is 56. The summed E-state index contributed by atoms with van der Waals surface area (Å²) in [6.07, 6.45) is 85.2. The van der Waals surface area contributed by atoms with Gasteiger partial charge in [0, 0.05) is 19.3 Å². The van der Waals surface area contributed by atoms with Gasteiger partial charge in [0.1, 0.15) is 13.2 Å². The van der Waals surface area contributed by atoms with Crippen LogP contribution in [0.5, 0.6) is 0 Å². The molecule has 0 aromatic rings. The molecule has 0 aromatic carbocycles. The van der Waals surface area contributed by atoms with Crippen LogP contribution in [-0.4, -0.2) is 37.2 Å². The maximum atomic E-state index is 12.9. The molecule has 0 aromatic heterocycles. The van der Waals surface area contributed by atoms with E-state index in [-0.39, 0.29) is 31.1 Å². The van der Waals surface area contributed by atoms with Gasteiger partial charge in [0.2, 0.25) is 0 Å². The number of carbonyl (C=O) groups excluding carboxylic acids is 3. The Bertz CT molecular complexity index is 1520. The van der Waals surface area contributed by atoms with Crippen molar-refractivity contribution in [3.63, 3.8) is 0 Å². The summed E-state index contributed by atoms with van der Waals surface area (Å²) in [5.74, 6) is -0.952. The fourth-order valence-electron chi connectivity index (χ4n) is 8.64. The van der Waals surface area contributed by atoms with Crippen molar-refractivity contribution in [3.8, 4) is 0 Å². The molecule has 0 spiro atoms. The lowest BCUT2D eigenvalue weighted by molar-refractivity contribution is -0.167. The molecule has 0 bridgehead atoms. The number of hydrogen-bond acceptors (Lipinski definition) is 6. The summed E-state index contributed by atoms with van der Waals surface area (Å²) >= 11 is 0. The highest BCUT2D eigenvalue weighted by Crippen LogP contribution is 2.16. The molecule has 75 heavy (non-hydrogen) atoms. The van der Waals surface area contributed by atoms with Crippen molar-refractivity contribution < 1.29 is 28.6 Å².